The number of hydrogen-bond donors (Lipinski definition) is 0. The lowest BCUT2D eigenvalue weighted by molar-refractivity contribution is -0.142. The molecule has 0 bridgehead atoms. The Balaban J connectivity index is 1.44. The van der Waals surface area contributed by atoms with Crippen molar-refractivity contribution < 1.29 is 18.4 Å². The fourth-order valence-corrected chi connectivity index (χ4v) is 3.25. The van der Waals surface area contributed by atoms with Crippen molar-refractivity contribution in [1.82, 2.24) is 10.1 Å². The van der Waals surface area contributed by atoms with E-state index in [1.54, 1.807) is 12.1 Å². The summed E-state index contributed by atoms with van der Waals surface area (Å²) < 4.78 is 24.0. The lowest BCUT2D eigenvalue weighted by atomic mass is 10.2. The molecule has 0 atom stereocenters. The number of esters is 1. The van der Waals surface area contributed by atoms with Crippen LogP contribution in [0.3, 0.4) is 0 Å². The van der Waals surface area contributed by atoms with E-state index in [0.717, 1.165) is 15.6 Å². The Labute approximate surface area is 162 Å². The minimum absolute atomic E-state index is 0.0725. The molecule has 8 heteroatoms. The van der Waals surface area contributed by atoms with Crippen molar-refractivity contribution in [2.75, 3.05) is 5.75 Å². The van der Waals surface area contributed by atoms with Crippen LogP contribution in [0.15, 0.2) is 57.5 Å². The summed E-state index contributed by atoms with van der Waals surface area (Å²) in [5, 5.41) is 3.88. The molecule has 0 saturated carbocycles. The molecule has 0 saturated heterocycles. The van der Waals surface area contributed by atoms with Crippen molar-refractivity contribution in [2.45, 2.75) is 12.4 Å². The second-order valence-electron chi connectivity index (χ2n) is 5.30. The molecular weight excluding hydrogens is 423 g/mol. The number of nitrogens with zero attached hydrogens (tertiary/aromatic N) is 2. The highest BCUT2D eigenvalue weighted by Crippen LogP contribution is 2.20. The molecule has 0 fully saturated rings. The molecular formula is C18H14BrFN2O3S. The molecule has 26 heavy (non-hydrogen) atoms. The first-order valence-electron chi connectivity index (χ1n) is 7.66. The van der Waals surface area contributed by atoms with Gasteiger partial charge in [-0.05, 0) is 29.8 Å². The number of ether oxygens (including phenoxy) is 1. The predicted molar refractivity (Wildman–Crippen MR) is 99.8 cm³/mol. The highest BCUT2D eigenvalue weighted by atomic mass is 79.9. The van der Waals surface area contributed by atoms with Crippen molar-refractivity contribution in [1.29, 1.82) is 0 Å². The van der Waals surface area contributed by atoms with Gasteiger partial charge in [-0.25, -0.2) is 4.39 Å². The van der Waals surface area contributed by atoms with Crippen molar-refractivity contribution in [3.05, 3.63) is 70.3 Å². The number of rotatable bonds is 7. The predicted octanol–water partition coefficient (Wildman–Crippen LogP) is 4.61. The third kappa shape index (κ3) is 5.40. The molecule has 3 aromatic rings. The highest BCUT2D eigenvalue weighted by molar-refractivity contribution is 9.10. The van der Waals surface area contributed by atoms with Gasteiger partial charge in [0.2, 0.25) is 5.82 Å². The maximum Gasteiger partial charge on any atom is 0.316 e. The van der Waals surface area contributed by atoms with Crippen LogP contribution in [0.5, 0.6) is 0 Å². The highest BCUT2D eigenvalue weighted by Gasteiger charge is 2.11. The van der Waals surface area contributed by atoms with Crippen LogP contribution in [0.1, 0.15) is 11.5 Å². The van der Waals surface area contributed by atoms with Gasteiger partial charge in [-0.1, -0.05) is 45.4 Å². The molecule has 0 amide bonds. The maximum absolute atomic E-state index is 12.8. The van der Waals surface area contributed by atoms with Crippen LogP contribution < -0.4 is 0 Å². The Morgan fingerprint density at radius 1 is 1.23 bits per heavy atom. The lowest BCUT2D eigenvalue weighted by Crippen LogP contribution is -2.07. The monoisotopic (exact) mass is 436 g/mol. The van der Waals surface area contributed by atoms with Crippen LogP contribution in [-0.2, 0) is 21.9 Å². The van der Waals surface area contributed by atoms with Gasteiger partial charge < -0.3 is 9.26 Å². The molecule has 0 N–H and O–H groups in total. The Morgan fingerprint density at radius 2 is 2.04 bits per heavy atom. The van der Waals surface area contributed by atoms with Gasteiger partial charge in [-0.15, -0.1) is 11.8 Å². The third-order valence-corrected chi connectivity index (χ3v) is 4.78. The Kier molecular flexibility index (Phi) is 6.40. The average Bonchev–Trinajstić information content (AvgIpc) is 3.11. The van der Waals surface area contributed by atoms with E-state index in [2.05, 4.69) is 26.1 Å². The number of aromatic nitrogens is 2. The maximum atomic E-state index is 12.8. The topological polar surface area (TPSA) is 65.2 Å². The van der Waals surface area contributed by atoms with E-state index in [9.17, 15) is 9.18 Å². The van der Waals surface area contributed by atoms with Crippen molar-refractivity contribution in [2.24, 2.45) is 0 Å². The summed E-state index contributed by atoms with van der Waals surface area (Å²) in [6.45, 7) is -0.0725. The number of carbonyl (C=O) groups excluding carboxylic acids is 1. The van der Waals surface area contributed by atoms with E-state index in [4.69, 9.17) is 9.26 Å². The molecule has 0 aliphatic heterocycles. The zero-order valence-corrected chi connectivity index (χ0v) is 15.9. The molecule has 3 rings (SSSR count). The van der Waals surface area contributed by atoms with Gasteiger partial charge in [-0.3, -0.25) is 4.79 Å². The summed E-state index contributed by atoms with van der Waals surface area (Å²) in [5.41, 5.74) is 1.75. The van der Waals surface area contributed by atoms with Crippen LogP contribution in [0, 0.1) is 5.82 Å². The van der Waals surface area contributed by atoms with Gasteiger partial charge in [-0.2, -0.15) is 4.98 Å². The fourth-order valence-electron chi connectivity index (χ4n) is 2.08. The second-order valence-corrected chi connectivity index (χ2v) is 7.20. The van der Waals surface area contributed by atoms with Gasteiger partial charge in [0.25, 0.3) is 5.89 Å². The number of benzene rings is 2. The summed E-state index contributed by atoms with van der Waals surface area (Å²) in [5.74, 6) is 0.798. The molecule has 5 nitrogen and oxygen atoms in total. The normalized spacial score (nSPS) is 10.7. The molecule has 2 aromatic carbocycles. The SMILES string of the molecule is O=C(CSCc1ccc(F)cc1)OCc1nc(-c2cccc(Br)c2)no1. The van der Waals surface area contributed by atoms with E-state index in [1.807, 2.05) is 24.3 Å². The fraction of sp³-hybridized carbons (Fsp3) is 0.167. The third-order valence-electron chi connectivity index (χ3n) is 3.31. The van der Waals surface area contributed by atoms with Gasteiger partial charge in [0.05, 0.1) is 5.75 Å². The zero-order chi connectivity index (χ0) is 18.4. The van der Waals surface area contributed by atoms with E-state index >= 15 is 0 Å². The minimum atomic E-state index is -0.376. The smallest absolute Gasteiger partial charge is 0.316 e. The Morgan fingerprint density at radius 3 is 2.81 bits per heavy atom. The molecule has 1 aromatic heterocycles. The number of thioether (sulfide) groups is 1. The van der Waals surface area contributed by atoms with Crippen LogP contribution in [0.25, 0.3) is 11.4 Å². The van der Waals surface area contributed by atoms with E-state index in [-0.39, 0.29) is 30.0 Å². The van der Waals surface area contributed by atoms with Gasteiger partial charge in [0.15, 0.2) is 6.61 Å². The minimum Gasteiger partial charge on any atom is -0.455 e. The quantitative estimate of drug-likeness (QED) is 0.503. The first kappa shape index (κ1) is 18.6. The average molecular weight is 437 g/mol. The standard InChI is InChI=1S/C18H14BrFN2O3S/c19-14-3-1-2-13(8-14)18-21-16(25-22-18)9-24-17(23)11-26-10-12-4-6-15(20)7-5-12/h1-8H,9-11H2. The molecule has 0 unspecified atom stereocenters. The van der Waals surface area contributed by atoms with Crippen LogP contribution in [-0.4, -0.2) is 21.9 Å². The van der Waals surface area contributed by atoms with Crippen LogP contribution in [0.4, 0.5) is 4.39 Å². The van der Waals surface area contributed by atoms with Gasteiger partial charge in [0.1, 0.15) is 5.82 Å². The largest absolute Gasteiger partial charge is 0.455 e. The van der Waals surface area contributed by atoms with E-state index in [1.165, 1.54) is 23.9 Å². The summed E-state index contributed by atoms with van der Waals surface area (Å²) in [6, 6.07) is 13.7. The Bertz CT molecular complexity index is 886. The molecule has 134 valence electrons. The summed E-state index contributed by atoms with van der Waals surface area (Å²) in [6.07, 6.45) is 0. The first-order chi connectivity index (χ1) is 12.6. The molecule has 0 radical (unpaired) electrons. The summed E-state index contributed by atoms with van der Waals surface area (Å²) in [4.78, 5) is 16.0. The second kappa shape index (κ2) is 8.95. The van der Waals surface area contributed by atoms with Gasteiger partial charge >= 0.3 is 5.97 Å². The number of hydrogen-bond acceptors (Lipinski definition) is 6. The van der Waals surface area contributed by atoms with E-state index in [0.29, 0.717) is 11.6 Å². The summed E-state index contributed by atoms with van der Waals surface area (Å²) >= 11 is 4.77. The molecule has 0 spiro atoms. The van der Waals surface area contributed by atoms with Gasteiger partial charge in [0, 0.05) is 15.8 Å². The van der Waals surface area contributed by atoms with Crippen molar-refractivity contribution >= 4 is 33.7 Å². The molecule has 1 heterocycles. The Hall–Kier alpha value is -2.19. The molecule has 0 aliphatic carbocycles. The summed E-state index contributed by atoms with van der Waals surface area (Å²) in [7, 11) is 0. The first-order valence-corrected chi connectivity index (χ1v) is 9.61. The number of carbonyl (C=O) groups is 1. The van der Waals surface area contributed by atoms with Crippen LogP contribution in [0.2, 0.25) is 0 Å². The lowest BCUT2D eigenvalue weighted by Gasteiger charge is -2.02. The molecule has 0 aliphatic rings. The number of halogens is 2. The van der Waals surface area contributed by atoms with Crippen molar-refractivity contribution in [3.63, 3.8) is 0 Å². The van der Waals surface area contributed by atoms with Crippen LogP contribution >= 0.6 is 27.7 Å². The zero-order valence-electron chi connectivity index (χ0n) is 13.5. The van der Waals surface area contributed by atoms with E-state index < -0.39 is 0 Å². The van der Waals surface area contributed by atoms with Crippen molar-refractivity contribution in [3.8, 4) is 11.4 Å².